The zero-order chi connectivity index (χ0) is 14.4. The molecule has 0 N–H and O–H groups in total. The summed E-state index contributed by atoms with van der Waals surface area (Å²) < 4.78 is 5.37. The molecule has 1 aromatic carbocycles. The highest BCUT2D eigenvalue weighted by atomic mass is 32.2. The van der Waals surface area contributed by atoms with Crippen LogP contribution in [0, 0.1) is 0 Å². The molecule has 0 amide bonds. The van der Waals surface area contributed by atoms with E-state index in [0.29, 0.717) is 10.3 Å². The maximum absolute atomic E-state index is 11.9. The maximum Gasteiger partial charge on any atom is 0.338 e. The van der Waals surface area contributed by atoms with Crippen molar-refractivity contribution in [3.05, 3.63) is 36.0 Å². The fourth-order valence-corrected chi connectivity index (χ4v) is 4.37. The molecule has 4 rings (SSSR count). The number of hydrogen-bond acceptors (Lipinski definition) is 5. The van der Waals surface area contributed by atoms with E-state index >= 15 is 0 Å². The van der Waals surface area contributed by atoms with Gasteiger partial charge in [0.05, 0.1) is 22.9 Å². The SMILES string of the molecule is COC(=O)c1ccnc2ccc(N3CC4(CCS4)C3)cc12. The van der Waals surface area contributed by atoms with Crippen LogP contribution in [0.15, 0.2) is 30.5 Å². The average molecular weight is 300 g/mol. The van der Waals surface area contributed by atoms with Crippen LogP contribution in [0.3, 0.4) is 0 Å². The van der Waals surface area contributed by atoms with Crippen LogP contribution >= 0.6 is 11.8 Å². The molecule has 5 heteroatoms. The van der Waals surface area contributed by atoms with Crippen LogP contribution in [-0.4, -0.2) is 41.7 Å². The lowest BCUT2D eigenvalue weighted by Gasteiger charge is -2.56. The largest absolute Gasteiger partial charge is 0.465 e. The Morgan fingerprint density at radius 1 is 1.38 bits per heavy atom. The number of esters is 1. The van der Waals surface area contributed by atoms with Gasteiger partial charge in [0.25, 0.3) is 0 Å². The number of nitrogens with zero attached hydrogens (tertiary/aromatic N) is 2. The number of anilines is 1. The Labute approximate surface area is 127 Å². The second-order valence-corrected chi connectivity index (χ2v) is 7.25. The van der Waals surface area contributed by atoms with Crippen molar-refractivity contribution in [2.24, 2.45) is 0 Å². The molecule has 3 heterocycles. The van der Waals surface area contributed by atoms with Crippen LogP contribution in [0.2, 0.25) is 0 Å². The smallest absolute Gasteiger partial charge is 0.338 e. The molecule has 0 atom stereocenters. The third-order valence-corrected chi connectivity index (χ3v) is 5.90. The van der Waals surface area contributed by atoms with Crippen molar-refractivity contribution in [1.82, 2.24) is 4.98 Å². The summed E-state index contributed by atoms with van der Waals surface area (Å²) in [4.78, 5) is 18.6. The van der Waals surface area contributed by atoms with Gasteiger partial charge in [-0.15, -0.1) is 0 Å². The summed E-state index contributed by atoms with van der Waals surface area (Å²) in [6, 6.07) is 7.85. The molecule has 1 aromatic heterocycles. The van der Waals surface area contributed by atoms with Gasteiger partial charge in [-0.1, -0.05) is 0 Å². The first kappa shape index (κ1) is 13.0. The normalized spacial score (nSPS) is 19.2. The molecule has 1 spiro atoms. The highest BCUT2D eigenvalue weighted by Crippen LogP contribution is 2.48. The van der Waals surface area contributed by atoms with Gasteiger partial charge >= 0.3 is 5.97 Å². The molecule has 0 aliphatic carbocycles. The fraction of sp³-hybridized carbons (Fsp3) is 0.375. The number of carbonyl (C=O) groups excluding carboxylic acids is 1. The van der Waals surface area contributed by atoms with Crippen molar-refractivity contribution < 1.29 is 9.53 Å². The molecule has 2 fully saturated rings. The van der Waals surface area contributed by atoms with Gasteiger partial charge in [0.2, 0.25) is 0 Å². The van der Waals surface area contributed by atoms with Crippen LogP contribution in [0.25, 0.3) is 10.9 Å². The number of ether oxygens (including phenoxy) is 1. The highest BCUT2D eigenvalue weighted by Gasteiger charge is 2.48. The van der Waals surface area contributed by atoms with E-state index in [1.165, 1.54) is 25.0 Å². The summed E-state index contributed by atoms with van der Waals surface area (Å²) in [6.45, 7) is 2.22. The first-order chi connectivity index (χ1) is 10.2. The lowest BCUT2D eigenvalue weighted by Crippen LogP contribution is -2.63. The number of thioether (sulfide) groups is 1. The molecule has 4 nitrogen and oxygen atoms in total. The van der Waals surface area contributed by atoms with Crippen LogP contribution in [0.5, 0.6) is 0 Å². The zero-order valence-corrected chi connectivity index (χ0v) is 12.7. The standard InChI is InChI=1S/C16H16N2O2S/c1-20-15(19)12-4-6-17-14-3-2-11(8-13(12)14)18-9-16(10-18)5-7-21-16/h2-4,6,8H,5,7,9-10H2,1H3. The number of fused-ring (bicyclic) bond motifs is 1. The minimum atomic E-state index is -0.311. The molecule has 2 aromatic rings. The van der Waals surface area contributed by atoms with Crippen LogP contribution < -0.4 is 4.90 Å². The third kappa shape index (κ3) is 1.99. The Bertz CT molecular complexity index is 719. The van der Waals surface area contributed by atoms with E-state index in [2.05, 4.69) is 33.8 Å². The molecule has 2 aliphatic rings. The molecule has 21 heavy (non-hydrogen) atoms. The number of carbonyl (C=O) groups is 1. The van der Waals surface area contributed by atoms with Gasteiger partial charge in [-0.05, 0) is 36.4 Å². The van der Waals surface area contributed by atoms with Crippen LogP contribution in [0.1, 0.15) is 16.8 Å². The molecule has 2 saturated heterocycles. The monoisotopic (exact) mass is 300 g/mol. The number of hydrogen-bond donors (Lipinski definition) is 0. The van der Waals surface area contributed by atoms with E-state index in [1.807, 2.05) is 6.07 Å². The second kappa shape index (κ2) is 4.63. The molecule has 0 saturated carbocycles. The first-order valence-electron chi connectivity index (χ1n) is 7.07. The van der Waals surface area contributed by atoms with Crippen LogP contribution in [-0.2, 0) is 4.74 Å². The van der Waals surface area contributed by atoms with E-state index < -0.39 is 0 Å². The van der Waals surface area contributed by atoms with E-state index in [1.54, 1.807) is 12.3 Å². The molecule has 0 bridgehead atoms. The average Bonchev–Trinajstić information content (AvgIpc) is 2.43. The summed E-state index contributed by atoms with van der Waals surface area (Å²) in [6.07, 6.45) is 2.98. The number of benzene rings is 1. The summed E-state index contributed by atoms with van der Waals surface area (Å²) >= 11 is 2.08. The summed E-state index contributed by atoms with van der Waals surface area (Å²) in [7, 11) is 1.41. The van der Waals surface area contributed by atoms with Crippen molar-refractivity contribution in [3.8, 4) is 0 Å². The van der Waals surface area contributed by atoms with E-state index in [4.69, 9.17) is 4.74 Å². The van der Waals surface area contributed by atoms with Gasteiger partial charge in [0.1, 0.15) is 0 Å². The minimum absolute atomic E-state index is 0.311. The van der Waals surface area contributed by atoms with Gasteiger partial charge in [0.15, 0.2) is 0 Å². The summed E-state index contributed by atoms with van der Waals surface area (Å²) in [5.41, 5.74) is 2.58. The second-order valence-electron chi connectivity index (χ2n) is 5.69. The van der Waals surface area contributed by atoms with Gasteiger partial charge in [-0.2, -0.15) is 11.8 Å². The predicted molar refractivity (Wildman–Crippen MR) is 85.1 cm³/mol. The molecule has 108 valence electrons. The molecule has 0 unspecified atom stereocenters. The number of aromatic nitrogens is 1. The van der Waals surface area contributed by atoms with Crippen molar-refractivity contribution in [3.63, 3.8) is 0 Å². The molecular weight excluding hydrogens is 284 g/mol. The zero-order valence-electron chi connectivity index (χ0n) is 11.8. The van der Waals surface area contributed by atoms with E-state index in [0.717, 1.165) is 24.0 Å². The Kier molecular flexibility index (Phi) is 2.85. The van der Waals surface area contributed by atoms with Crippen molar-refractivity contribution >= 4 is 34.3 Å². The first-order valence-corrected chi connectivity index (χ1v) is 8.05. The van der Waals surface area contributed by atoms with Gasteiger partial charge in [-0.25, -0.2) is 4.79 Å². The Hall–Kier alpha value is -1.75. The number of methoxy groups -OCH3 is 1. The molecule has 2 aliphatic heterocycles. The van der Waals surface area contributed by atoms with Crippen LogP contribution in [0.4, 0.5) is 5.69 Å². The fourth-order valence-electron chi connectivity index (χ4n) is 3.09. The number of pyridine rings is 1. The minimum Gasteiger partial charge on any atom is -0.465 e. The van der Waals surface area contributed by atoms with E-state index in [-0.39, 0.29) is 5.97 Å². The topological polar surface area (TPSA) is 42.4 Å². The van der Waals surface area contributed by atoms with Gasteiger partial charge in [0, 0.05) is 30.4 Å². The Balaban J connectivity index is 1.70. The van der Waals surface area contributed by atoms with Crippen molar-refractivity contribution in [2.45, 2.75) is 11.2 Å². The summed E-state index contributed by atoms with van der Waals surface area (Å²) in [5, 5.41) is 0.865. The molecule has 0 radical (unpaired) electrons. The number of rotatable bonds is 2. The lowest BCUT2D eigenvalue weighted by atomic mass is 9.93. The highest BCUT2D eigenvalue weighted by molar-refractivity contribution is 8.02. The molecular formula is C16H16N2O2S. The Morgan fingerprint density at radius 2 is 2.19 bits per heavy atom. The van der Waals surface area contributed by atoms with Crippen molar-refractivity contribution in [1.29, 1.82) is 0 Å². The van der Waals surface area contributed by atoms with Crippen molar-refractivity contribution in [2.75, 3.05) is 30.9 Å². The summed E-state index contributed by atoms with van der Waals surface area (Å²) in [5.74, 6) is 0.983. The van der Waals surface area contributed by atoms with Gasteiger partial charge in [-0.3, -0.25) is 4.98 Å². The third-order valence-electron chi connectivity index (χ3n) is 4.42. The predicted octanol–water partition coefficient (Wildman–Crippen LogP) is 2.72. The quantitative estimate of drug-likeness (QED) is 0.798. The Morgan fingerprint density at radius 3 is 2.86 bits per heavy atom. The maximum atomic E-state index is 11.9. The van der Waals surface area contributed by atoms with E-state index in [9.17, 15) is 4.79 Å². The van der Waals surface area contributed by atoms with Gasteiger partial charge < -0.3 is 9.64 Å². The lowest BCUT2D eigenvalue weighted by molar-refractivity contribution is 0.0603.